The van der Waals surface area contributed by atoms with Crippen LogP contribution in [-0.4, -0.2) is 40.1 Å². The quantitative estimate of drug-likeness (QED) is 0.470. The van der Waals surface area contributed by atoms with Crippen LogP contribution in [0.3, 0.4) is 0 Å². The number of hydrogen-bond acceptors (Lipinski definition) is 5. The third kappa shape index (κ3) is 4.08. The molecule has 3 heterocycles. The van der Waals surface area contributed by atoms with Crippen molar-refractivity contribution in [3.63, 3.8) is 0 Å². The lowest BCUT2D eigenvalue weighted by molar-refractivity contribution is -0.139. The van der Waals surface area contributed by atoms with Crippen LogP contribution in [0.1, 0.15) is 30.4 Å². The summed E-state index contributed by atoms with van der Waals surface area (Å²) >= 11 is 1.86. The van der Waals surface area contributed by atoms with Crippen molar-refractivity contribution >= 4 is 23.4 Å². The topological polar surface area (TPSA) is 46.8 Å². The molecule has 28 heavy (non-hydrogen) atoms. The fraction of sp³-hybridized carbons (Fsp3) is 0.364. The molecule has 1 aliphatic heterocycles. The summed E-state index contributed by atoms with van der Waals surface area (Å²) in [5.41, 5.74) is 5.44. The number of aryl methyl sites for hydroxylation is 1. The van der Waals surface area contributed by atoms with Gasteiger partial charge in [0.1, 0.15) is 0 Å². The number of esters is 1. The minimum Gasteiger partial charge on any atom is -0.469 e. The summed E-state index contributed by atoms with van der Waals surface area (Å²) in [5, 5.41) is 4.37. The standard InChI is InChI=1S/C22H25N3O2S/c1-16-6-7-19(21(12-16)28-24-9-4-3-5-10-24)17-8-11-25-20(13-17)18(15-23-25)14-22(26)27-2/h6-8,11-13,15H,3-5,9-10,14H2,1-2H3. The van der Waals surface area contributed by atoms with Gasteiger partial charge in [0.05, 0.1) is 25.2 Å². The summed E-state index contributed by atoms with van der Waals surface area (Å²) in [5.74, 6) is -0.253. The van der Waals surface area contributed by atoms with Gasteiger partial charge in [0.2, 0.25) is 0 Å². The Labute approximate surface area is 169 Å². The number of methoxy groups -OCH3 is 1. The second kappa shape index (κ2) is 8.37. The molecule has 4 rings (SSSR count). The van der Waals surface area contributed by atoms with Gasteiger partial charge in [0.25, 0.3) is 0 Å². The van der Waals surface area contributed by atoms with E-state index in [4.69, 9.17) is 4.74 Å². The van der Waals surface area contributed by atoms with Crippen LogP contribution in [-0.2, 0) is 16.0 Å². The Morgan fingerprint density at radius 1 is 1.18 bits per heavy atom. The number of benzene rings is 1. The van der Waals surface area contributed by atoms with E-state index in [0.717, 1.165) is 29.7 Å². The number of nitrogens with zero attached hydrogens (tertiary/aromatic N) is 3. The average Bonchev–Trinajstić information content (AvgIpc) is 3.11. The molecule has 2 aromatic heterocycles. The van der Waals surface area contributed by atoms with Gasteiger partial charge in [-0.1, -0.05) is 18.6 Å². The summed E-state index contributed by atoms with van der Waals surface area (Å²) in [6, 6.07) is 10.8. The average molecular weight is 396 g/mol. The van der Waals surface area contributed by atoms with E-state index in [-0.39, 0.29) is 12.4 Å². The number of hydrogen-bond donors (Lipinski definition) is 0. The maximum Gasteiger partial charge on any atom is 0.310 e. The maximum atomic E-state index is 11.7. The van der Waals surface area contributed by atoms with Crippen LogP contribution in [0.15, 0.2) is 47.6 Å². The van der Waals surface area contributed by atoms with Gasteiger partial charge in [-0.2, -0.15) is 5.10 Å². The summed E-state index contributed by atoms with van der Waals surface area (Å²) < 4.78 is 9.11. The van der Waals surface area contributed by atoms with Crippen molar-refractivity contribution in [2.24, 2.45) is 0 Å². The van der Waals surface area contributed by atoms with Crippen LogP contribution in [0, 0.1) is 6.92 Å². The molecule has 0 bridgehead atoms. The van der Waals surface area contributed by atoms with Crippen LogP contribution in [0.2, 0.25) is 0 Å². The smallest absolute Gasteiger partial charge is 0.310 e. The molecule has 146 valence electrons. The Morgan fingerprint density at radius 2 is 2.00 bits per heavy atom. The van der Waals surface area contributed by atoms with Gasteiger partial charge in [-0.3, -0.25) is 4.79 Å². The number of carbonyl (C=O) groups excluding carboxylic acids is 1. The summed E-state index contributed by atoms with van der Waals surface area (Å²) in [4.78, 5) is 13.0. The fourth-order valence-electron chi connectivity index (χ4n) is 3.60. The lowest BCUT2D eigenvalue weighted by Crippen LogP contribution is -2.22. The zero-order valence-electron chi connectivity index (χ0n) is 16.4. The lowest BCUT2D eigenvalue weighted by Gasteiger charge is -2.26. The van der Waals surface area contributed by atoms with Crippen molar-refractivity contribution in [2.75, 3.05) is 20.2 Å². The molecule has 0 radical (unpaired) electrons. The van der Waals surface area contributed by atoms with Gasteiger partial charge < -0.3 is 4.74 Å². The van der Waals surface area contributed by atoms with E-state index in [1.807, 2.05) is 22.7 Å². The Balaban J connectivity index is 1.70. The van der Waals surface area contributed by atoms with Crippen molar-refractivity contribution in [3.8, 4) is 11.1 Å². The Hall–Kier alpha value is -2.31. The molecule has 0 unspecified atom stereocenters. The monoisotopic (exact) mass is 395 g/mol. The first-order valence-electron chi connectivity index (χ1n) is 9.71. The van der Waals surface area contributed by atoms with E-state index >= 15 is 0 Å². The molecule has 5 nitrogen and oxygen atoms in total. The molecule has 1 aromatic carbocycles. The second-order valence-corrected chi connectivity index (χ2v) is 8.39. The maximum absolute atomic E-state index is 11.7. The van der Waals surface area contributed by atoms with E-state index in [1.54, 1.807) is 6.20 Å². The van der Waals surface area contributed by atoms with E-state index in [1.165, 1.54) is 42.4 Å². The summed E-state index contributed by atoms with van der Waals surface area (Å²) in [7, 11) is 1.41. The molecule has 0 spiro atoms. The van der Waals surface area contributed by atoms with Gasteiger partial charge in [0, 0.05) is 29.7 Å². The van der Waals surface area contributed by atoms with E-state index in [9.17, 15) is 4.79 Å². The Morgan fingerprint density at radius 3 is 2.79 bits per heavy atom. The molecule has 1 saturated heterocycles. The number of fused-ring (bicyclic) bond motifs is 1. The molecular formula is C22H25N3O2S. The van der Waals surface area contributed by atoms with Gasteiger partial charge in [-0.25, -0.2) is 8.82 Å². The predicted octanol–water partition coefficient (Wildman–Crippen LogP) is 4.52. The molecular weight excluding hydrogens is 370 g/mol. The third-order valence-electron chi connectivity index (χ3n) is 5.15. The molecule has 0 aliphatic carbocycles. The van der Waals surface area contributed by atoms with E-state index in [0.29, 0.717) is 0 Å². The molecule has 0 amide bonds. The number of piperidine rings is 1. The van der Waals surface area contributed by atoms with Crippen LogP contribution >= 0.6 is 11.9 Å². The molecule has 1 fully saturated rings. The highest BCUT2D eigenvalue weighted by Gasteiger charge is 2.16. The zero-order valence-corrected chi connectivity index (χ0v) is 17.2. The van der Waals surface area contributed by atoms with Gasteiger partial charge in [-0.15, -0.1) is 0 Å². The molecule has 1 aliphatic rings. The summed E-state index contributed by atoms with van der Waals surface area (Å²) in [6.45, 7) is 4.42. The molecule has 6 heteroatoms. The summed E-state index contributed by atoms with van der Waals surface area (Å²) in [6.07, 6.45) is 7.81. The van der Waals surface area contributed by atoms with Crippen LogP contribution in [0.5, 0.6) is 0 Å². The lowest BCUT2D eigenvalue weighted by atomic mass is 10.0. The minimum absolute atomic E-state index is 0.229. The number of aromatic nitrogens is 2. The Bertz CT molecular complexity index is 993. The number of pyridine rings is 1. The highest BCUT2D eigenvalue weighted by Crippen LogP contribution is 2.36. The van der Waals surface area contributed by atoms with Crippen LogP contribution in [0.4, 0.5) is 0 Å². The van der Waals surface area contributed by atoms with E-state index in [2.05, 4.69) is 46.7 Å². The number of ether oxygens (including phenoxy) is 1. The van der Waals surface area contributed by atoms with Crippen molar-refractivity contribution < 1.29 is 9.53 Å². The first kappa shape index (κ1) is 19.0. The third-order valence-corrected chi connectivity index (χ3v) is 6.31. The van der Waals surface area contributed by atoms with Crippen molar-refractivity contribution in [3.05, 3.63) is 53.9 Å². The fourth-order valence-corrected chi connectivity index (χ4v) is 4.84. The van der Waals surface area contributed by atoms with Gasteiger partial charge >= 0.3 is 5.97 Å². The first-order valence-corrected chi connectivity index (χ1v) is 10.5. The first-order chi connectivity index (χ1) is 13.6. The minimum atomic E-state index is -0.253. The molecule has 3 aromatic rings. The van der Waals surface area contributed by atoms with Crippen molar-refractivity contribution in [2.45, 2.75) is 37.5 Å². The molecule has 0 atom stereocenters. The number of carbonyl (C=O) groups is 1. The van der Waals surface area contributed by atoms with Crippen LogP contribution < -0.4 is 0 Å². The largest absolute Gasteiger partial charge is 0.469 e. The van der Waals surface area contributed by atoms with Crippen molar-refractivity contribution in [1.82, 2.24) is 13.9 Å². The van der Waals surface area contributed by atoms with Crippen LogP contribution in [0.25, 0.3) is 16.6 Å². The highest BCUT2D eigenvalue weighted by molar-refractivity contribution is 7.97. The van der Waals surface area contributed by atoms with Crippen molar-refractivity contribution in [1.29, 1.82) is 0 Å². The second-order valence-electron chi connectivity index (χ2n) is 7.25. The molecule has 0 saturated carbocycles. The Kier molecular flexibility index (Phi) is 5.69. The normalized spacial score (nSPS) is 15.1. The molecule has 0 N–H and O–H groups in total. The zero-order chi connectivity index (χ0) is 19.5. The van der Waals surface area contributed by atoms with Gasteiger partial charge in [0.15, 0.2) is 0 Å². The van der Waals surface area contributed by atoms with E-state index < -0.39 is 0 Å². The number of rotatable bonds is 5. The van der Waals surface area contributed by atoms with Gasteiger partial charge in [-0.05, 0) is 66.6 Å². The highest BCUT2D eigenvalue weighted by atomic mass is 32.2. The predicted molar refractivity (Wildman–Crippen MR) is 112 cm³/mol. The SMILES string of the molecule is COC(=O)Cc1cnn2ccc(-c3ccc(C)cc3SN3CCCCC3)cc12.